The lowest BCUT2D eigenvalue weighted by molar-refractivity contribution is 0.0936. The van der Waals surface area contributed by atoms with E-state index in [2.05, 4.69) is 69.4 Å². The molecule has 0 fully saturated rings. The smallest absolute Gasteiger partial charge is 0.253 e. The molecular weight excluding hydrogens is 350 g/mol. The second kappa shape index (κ2) is 8.53. The zero-order chi connectivity index (χ0) is 19.4. The van der Waals surface area contributed by atoms with Gasteiger partial charge in [0.05, 0.1) is 11.6 Å². The zero-order valence-corrected chi connectivity index (χ0v) is 17.3. The van der Waals surface area contributed by atoms with E-state index in [0.29, 0.717) is 5.92 Å². The van der Waals surface area contributed by atoms with E-state index in [1.165, 1.54) is 10.4 Å². The molecule has 27 heavy (non-hydrogen) atoms. The minimum absolute atomic E-state index is 0.00186. The van der Waals surface area contributed by atoms with Gasteiger partial charge in [-0.25, -0.2) is 0 Å². The van der Waals surface area contributed by atoms with Gasteiger partial charge in [0.15, 0.2) is 0 Å². The topological polar surface area (TPSA) is 29.1 Å². The molecule has 0 bridgehead atoms. The van der Waals surface area contributed by atoms with E-state index in [1.54, 1.807) is 11.3 Å². The highest BCUT2D eigenvalue weighted by Crippen LogP contribution is 2.33. The molecule has 1 heterocycles. The molecular formula is C24H27NOS. The second-order valence-corrected chi connectivity index (χ2v) is 8.29. The summed E-state index contributed by atoms with van der Waals surface area (Å²) in [5, 5.41) is 5.21. The summed E-state index contributed by atoms with van der Waals surface area (Å²) < 4.78 is 0. The van der Waals surface area contributed by atoms with E-state index in [4.69, 9.17) is 0 Å². The minimum Gasteiger partial charge on any atom is -0.345 e. The van der Waals surface area contributed by atoms with E-state index >= 15 is 0 Å². The molecule has 140 valence electrons. The predicted molar refractivity (Wildman–Crippen MR) is 116 cm³/mol. The predicted octanol–water partition coefficient (Wildman–Crippen LogP) is 6.73. The van der Waals surface area contributed by atoms with E-state index in [1.807, 2.05) is 23.6 Å². The first kappa shape index (κ1) is 19.4. The Labute approximate surface area is 166 Å². The summed E-state index contributed by atoms with van der Waals surface area (Å²) in [6, 6.07) is 18.8. The van der Waals surface area contributed by atoms with Crippen LogP contribution in [0.15, 0.2) is 60.0 Å². The van der Waals surface area contributed by atoms with Gasteiger partial charge < -0.3 is 5.32 Å². The quantitative estimate of drug-likeness (QED) is 0.507. The van der Waals surface area contributed by atoms with Crippen LogP contribution in [0.4, 0.5) is 0 Å². The van der Waals surface area contributed by atoms with Gasteiger partial charge in [0.25, 0.3) is 5.91 Å². The molecule has 3 heteroatoms. The average Bonchev–Trinajstić information content (AvgIpc) is 3.08. The molecule has 2 aromatic carbocycles. The molecule has 1 N–H and O–H groups in total. The lowest BCUT2D eigenvalue weighted by Crippen LogP contribution is -2.28. The van der Waals surface area contributed by atoms with Crippen LogP contribution in [-0.4, -0.2) is 5.91 Å². The monoisotopic (exact) mass is 377 g/mol. The van der Waals surface area contributed by atoms with Crippen LogP contribution in [0.2, 0.25) is 0 Å². The fourth-order valence-corrected chi connectivity index (χ4v) is 4.22. The van der Waals surface area contributed by atoms with E-state index < -0.39 is 0 Å². The van der Waals surface area contributed by atoms with Crippen molar-refractivity contribution in [3.8, 4) is 11.1 Å². The number of amides is 1. The van der Waals surface area contributed by atoms with Gasteiger partial charge in [0, 0.05) is 15.8 Å². The molecule has 2 nitrogen and oxygen atoms in total. The molecule has 0 saturated carbocycles. The normalized spacial score (nSPS) is 12.2. The first-order valence-electron chi connectivity index (χ1n) is 9.55. The van der Waals surface area contributed by atoms with Gasteiger partial charge in [-0.3, -0.25) is 4.79 Å². The van der Waals surface area contributed by atoms with Gasteiger partial charge in [-0.05, 0) is 36.0 Å². The summed E-state index contributed by atoms with van der Waals surface area (Å²) >= 11 is 1.63. The molecule has 1 aromatic heterocycles. The number of hydrogen-bond acceptors (Lipinski definition) is 2. The number of thiophene rings is 1. The van der Waals surface area contributed by atoms with E-state index in [-0.39, 0.29) is 11.9 Å². The molecule has 0 aliphatic carbocycles. The zero-order valence-electron chi connectivity index (χ0n) is 16.5. The highest BCUT2D eigenvalue weighted by atomic mass is 32.1. The van der Waals surface area contributed by atoms with Crippen LogP contribution in [0, 0.1) is 6.92 Å². The van der Waals surface area contributed by atoms with Crippen molar-refractivity contribution in [3.63, 3.8) is 0 Å². The maximum absolute atomic E-state index is 13.1. The van der Waals surface area contributed by atoms with Crippen molar-refractivity contribution < 1.29 is 4.79 Å². The fraction of sp³-hybridized carbons (Fsp3) is 0.292. The molecule has 0 saturated heterocycles. The number of carbonyl (C=O) groups excluding carboxylic acids is 1. The van der Waals surface area contributed by atoms with Gasteiger partial charge >= 0.3 is 0 Å². The minimum atomic E-state index is -0.00186. The standard InChI is InChI=1S/C24H27NOS/c1-5-22(19-13-11-18(12-14-19)16(2)3)25-24(26)21-15-27-17(4)23(21)20-9-7-6-8-10-20/h6-16,22H,5H2,1-4H3,(H,25,26)/t22-/m1/s1. The molecule has 3 aromatic rings. The summed E-state index contributed by atoms with van der Waals surface area (Å²) in [4.78, 5) is 14.2. The lowest BCUT2D eigenvalue weighted by atomic mass is 9.97. The Morgan fingerprint density at radius 3 is 2.22 bits per heavy atom. The number of benzene rings is 2. The third-order valence-electron chi connectivity index (χ3n) is 5.00. The molecule has 3 rings (SSSR count). The maximum Gasteiger partial charge on any atom is 0.253 e. The highest BCUT2D eigenvalue weighted by Gasteiger charge is 2.20. The third kappa shape index (κ3) is 4.30. The SMILES string of the molecule is CC[C@@H](NC(=O)c1csc(C)c1-c1ccccc1)c1ccc(C(C)C)cc1. The molecule has 0 unspecified atom stereocenters. The molecule has 0 aliphatic rings. The van der Waals surface area contributed by atoms with Crippen molar-refractivity contribution in [2.24, 2.45) is 0 Å². The van der Waals surface area contributed by atoms with Crippen LogP contribution in [0.1, 0.15) is 65.5 Å². The van der Waals surface area contributed by atoms with Crippen molar-refractivity contribution in [2.75, 3.05) is 0 Å². The summed E-state index contributed by atoms with van der Waals surface area (Å²) in [7, 11) is 0. The lowest BCUT2D eigenvalue weighted by Gasteiger charge is -2.19. The summed E-state index contributed by atoms with van der Waals surface area (Å²) in [5.74, 6) is 0.508. The van der Waals surface area contributed by atoms with Crippen molar-refractivity contribution in [3.05, 3.63) is 81.5 Å². The Bertz CT molecular complexity index is 894. The Morgan fingerprint density at radius 2 is 1.63 bits per heavy atom. The summed E-state index contributed by atoms with van der Waals surface area (Å²) in [5.41, 5.74) is 5.38. The second-order valence-electron chi connectivity index (χ2n) is 7.20. The Morgan fingerprint density at radius 1 is 1.00 bits per heavy atom. The number of aryl methyl sites for hydroxylation is 1. The molecule has 0 aliphatic heterocycles. The van der Waals surface area contributed by atoms with Crippen LogP contribution in [0.3, 0.4) is 0 Å². The number of nitrogens with one attached hydrogen (secondary N) is 1. The summed E-state index contributed by atoms with van der Waals surface area (Å²) in [6.45, 7) is 8.57. The first-order valence-corrected chi connectivity index (χ1v) is 10.4. The van der Waals surface area contributed by atoms with Crippen molar-refractivity contribution in [2.45, 2.75) is 46.1 Å². The Hall–Kier alpha value is -2.39. The molecule has 1 atom stereocenters. The van der Waals surface area contributed by atoms with Gasteiger partial charge in [-0.2, -0.15) is 0 Å². The van der Waals surface area contributed by atoms with Crippen LogP contribution >= 0.6 is 11.3 Å². The van der Waals surface area contributed by atoms with Gasteiger partial charge in [-0.15, -0.1) is 11.3 Å². The highest BCUT2D eigenvalue weighted by molar-refractivity contribution is 7.10. The number of carbonyl (C=O) groups is 1. The number of rotatable bonds is 6. The van der Waals surface area contributed by atoms with Crippen molar-refractivity contribution >= 4 is 17.2 Å². The average molecular weight is 378 g/mol. The summed E-state index contributed by atoms with van der Waals surface area (Å²) in [6.07, 6.45) is 0.858. The van der Waals surface area contributed by atoms with Gasteiger partial charge in [0.2, 0.25) is 0 Å². The van der Waals surface area contributed by atoms with E-state index in [9.17, 15) is 4.79 Å². The largest absolute Gasteiger partial charge is 0.345 e. The van der Waals surface area contributed by atoms with Crippen molar-refractivity contribution in [1.29, 1.82) is 0 Å². The maximum atomic E-state index is 13.1. The van der Waals surface area contributed by atoms with Crippen LogP contribution in [-0.2, 0) is 0 Å². The molecule has 1 amide bonds. The Kier molecular flexibility index (Phi) is 6.12. The number of hydrogen-bond donors (Lipinski definition) is 1. The van der Waals surface area contributed by atoms with Crippen molar-refractivity contribution in [1.82, 2.24) is 5.32 Å². The van der Waals surface area contributed by atoms with Gasteiger partial charge in [0.1, 0.15) is 0 Å². The van der Waals surface area contributed by atoms with Gasteiger partial charge in [-0.1, -0.05) is 75.4 Å². The first-order chi connectivity index (χ1) is 13.0. The fourth-order valence-electron chi connectivity index (χ4n) is 3.36. The van der Waals surface area contributed by atoms with Crippen LogP contribution in [0.25, 0.3) is 11.1 Å². The van der Waals surface area contributed by atoms with E-state index in [0.717, 1.165) is 28.7 Å². The molecule has 0 radical (unpaired) electrons. The van der Waals surface area contributed by atoms with Crippen LogP contribution in [0.5, 0.6) is 0 Å². The Balaban J connectivity index is 1.84. The van der Waals surface area contributed by atoms with Crippen LogP contribution < -0.4 is 5.32 Å². The third-order valence-corrected chi connectivity index (χ3v) is 5.91. The molecule has 0 spiro atoms.